The molecule has 0 aliphatic carbocycles. The normalized spacial score (nSPS) is 11.4. The zero-order valence-electron chi connectivity index (χ0n) is 17.5. The number of unbranched alkanes of at least 4 members (excludes halogenated alkanes) is 1. The Morgan fingerprint density at radius 3 is 1.42 bits per heavy atom. The van der Waals surface area contributed by atoms with Gasteiger partial charge < -0.3 is 14.8 Å². The first-order valence-corrected chi connectivity index (χ1v) is 10.8. The Labute approximate surface area is 181 Å². The van der Waals surface area contributed by atoms with E-state index in [4.69, 9.17) is 0 Å². The molecule has 0 saturated carbocycles. The summed E-state index contributed by atoms with van der Waals surface area (Å²) in [5.41, 5.74) is 6.93. The van der Waals surface area contributed by atoms with Crippen LogP contribution < -0.4 is 0 Å². The van der Waals surface area contributed by atoms with Gasteiger partial charge in [-0.05, 0) is 77.2 Å². The number of phenolic OH excluding ortho intramolecular Hbond substituents is 2. The monoisotopic (exact) mass is 407 g/mol. The van der Waals surface area contributed by atoms with Crippen molar-refractivity contribution in [2.24, 2.45) is 0 Å². The number of aryl methyl sites for hydroxylation is 1. The van der Waals surface area contributed by atoms with Gasteiger partial charge in [0, 0.05) is 28.4 Å². The Morgan fingerprint density at radius 2 is 1.00 bits per heavy atom. The second kappa shape index (κ2) is 7.84. The van der Waals surface area contributed by atoms with Gasteiger partial charge in [0.05, 0.1) is 0 Å². The number of aromatic nitrogens is 1. The first-order chi connectivity index (χ1) is 15.1. The summed E-state index contributed by atoms with van der Waals surface area (Å²) in [6.45, 7) is 3.22. The second-order valence-corrected chi connectivity index (χ2v) is 8.06. The number of phenols is 2. The van der Waals surface area contributed by atoms with Crippen molar-refractivity contribution in [3.05, 3.63) is 84.9 Å². The van der Waals surface area contributed by atoms with Crippen LogP contribution in [0.25, 0.3) is 44.1 Å². The summed E-state index contributed by atoms with van der Waals surface area (Å²) < 4.78 is 2.43. The van der Waals surface area contributed by atoms with Crippen LogP contribution in [0.15, 0.2) is 84.9 Å². The van der Waals surface area contributed by atoms with Crippen LogP contribution in [-0.4, -0.2) is 14.8 Å². The molecule has 0 bridgehead atoms. The zero-order valence-corrected chi connectivity index (χ0v) is 17.5. The van der Waals surface area contributed by atoms with Gasteiger partial charge in [-0.25, -0.2) is 0 Å². The van der Waals surface area contributed by atoms with E-state index in [1.54, 1.807) is 24.3 Å². The number of aromatic hydroxyl groups is 2. The topological polar surface area (TPSA) is 45.4 Å². The van der Waals surface area contributed by atoms with Crippen molar-refractivity contribution in [3.63, 3.8) is 0 Å². The highest BCUT2D eigenvalue weighted by Crippen LogP contribution is 2.36. The number of benzene rings is 4. The third-order valence-electron chi connectivity index (χ3n) is 6.00. The molecule has 3 nitrogen and oxygen atoms in total. The molecule has 0 aliphatic heterocycles. The van der Waals surface area contributed by atoms with Crippen molar-refractivity contribution in [2.45, 2.75) is 26.3 Å². The third kappa shape index (κ3) is 3.53. The molecule has 0 aliphatic rings. The Morgan fingerprint density at radius 1 is 0.581 bits per heavy atom. The minimum atomic E-state index is 0.277. The van der Waals surface area contributed by atoms with E-state index in [1.807, 2.05) is 24.3 Å². The average molecular weight is 408 g/mol. The Kier molecular flexibility index (Phi) is 4.87. The van der Waals surface area contributed by atoms with Gasteiger partial charge in [0.2, 0.25) is 0 Å². The van der Waals surface area contributed by atoms with E-state index in [0.717, 1.165) is 41.6 Å². The molecule has 154 valence electrons. The molecule has 1 aromatic heterocycles. The SMILES string of the molecule is CCCCn1c2ccc(-c3ccc(O)cc3)cc2c2cc(-c3ccc(O)cc3)ccc21. The molecule has 0 unspecified atom stereocenters. The molecule has 0 atom stereocenters. The van der Waals surface area contributed by atoms with Gasteiger partial charge in [-0.2, -0.15) is 0 Å². The minimum absolute atomic E-state index is 0.277. The standard InChI is InChI=1S/C28H25NO2/c1-2-3-16-29-27-14-8-21(19-4-10-23(30)11-5-19)17-25(27)26-18-22(9-15-28(26)29)20-6-12-24(31)13-7-20/h4-15,17-18,30-31H,2-3,16H2,1H3. The Bertz CT molecular complexity index is 1260. The molecule has 0 amide bonds. The van der Waals surface area contributed by atoms with Gasteiger partial charge in [-0.15, -0.1) is 0 Å². The highest BCUT2D eigenvalue weighted by Gasteiger charge is 2.13. The molecule has 0 radical (unpaired) electrons. The molecular formula is C28H25NO2. The number of hydrogen-bond donors (Lipinski definition) is 2. The minimum Gasteiger partial charge on any atom is -0.508 e. The van der Waals surface area contributed by atoms with Gasteiger partial charge in [0.1, 0.15) is 11.5 Å². The predicted molar refractivity (Wildman–Crippen MR) is 129 cm³/mol. The van der Waals surface area contributed by atoms with Crippen molar-refractivity contribution in [1.82, 2.24) is 4.57 Å². The van der Waals surface area contributed by atoms with Crippen molar-refractivity contribution < 1.29 is 10.2 Å². The molecule has 31 heavy (non-hydrogen) atoms. The highest BCUT2D eigenvalue weighted by molar-refractivity contribution is 6.10. The van der Waals surface area contributed by atoms with Crippen LogP contribution in [0.1, 0.15) is 19.8 Å². The maximum absolute atomic E-state index is 9.64. The van der Waals surface area contributed by atoms with Crippen LogP contribution in [0, 0.1) is 0 Å². The molecule has 5 rings (SSSR count). The summed E-state index contributed by atoms with van der Waals surface area (Å²) in [6.07, 6.45) is 2.29. The fourth-order valence-electron chi connectivity index (χ4n) is 4.33. The predicted octanol–water partition coefficient (Wildman–Crippen LogP) is 7.34. The van der Waals surface area contributed by atoms with Crippen molar-refractivity contribution in [2.75, 3.05) is 0 Å². The van der Waals surface area contributed by atoms with Gasteiger partial charge in [-0.3, -0.25) is 0 Å². The molecule has 2 N–H and O–H groups in total. The molecular weight excluding hydrogens is 382 g/mol. The summed E-state index contributed by atoms with van der Waals surface area (Å²) in [5.74, 6) is 0.555. The van der Waals surface area contributed by atoms with Gasteiger partial charge in [0.25, 0.3) is 0 Å². The smallest absolute Gasteiger partial charge is 0.115 e. The number of fused-ring (bicyclic) bond motifs is 3. The van der Waals surface area contributed by atoms with E-state index in [1.165, 1.54) is 21.8 Å². The van der Waals surface area contributed by atoms with Crippen molar-refractivity contribution in [1.29, 1.82) is 0 Å². The van der Waals surface area contributed by atoms with Crippen molar-refractivity contribution in [3.8, 4) is 33.8 Å². The van der Waals surface area contributed by atoms with E-state index in [9.17, 15) is 10.2 Å². The molecule has 3 heteroatoms. The molecule has 4 aromatic carbocycles. The molecule has 0 fully saturated rings. The Hall–Kier alpha value is -3.72. The lowest BCUT2D eigenvalue weighted by Gasteiger charge is -2.08. The lowest BCUT2D eigenvalue weighted by molar-refractivity contribution is 0.475. The van der Waals surface area contributed by atoms with E-state index < -0.39 is 0 Å². The van der Waals surface area contributed by atoms with E-state index >= 15 is 0 Å². The van der Waals surface area contributed by atoms with Crippen LogP contribution in [-0.2, 0) is 6.54 Å². The van der Waals surface area contributed by atoms with Gasteiger partial charge in [0.15, 0.2) is 0 Å². The number of nitrogens with zero attached hydrogens (tertiary/aromatic N) is 1. The summed E-state index contributed by atoms with van der Waals surface area (Å²) in [6, 6.07) is 28.0. The van der Waals surface area contributed by atoms with Crippen LogP contribution in [0.4, 0.5) is 0 Å². The summed E-state index contributed by atoms with van der Waals surface area (Å²) in [4.78, 5) is 0. The van der Waals surface area contributed by atoms with Crippen LogP contribution in [0.5, 0.6) is 11.5 Å². The largest absolute Gasteiger partial charge is 0.508 e. The van der Waals surface area contributed by atoms with Crippen LogP contribution in [0.2, 0.25) is 0 Å². The first kappa shape index (κ1) is 19.3. The number of hydrogen-bond acceptors (Lipinski definition) is 2. The summed E-state index contributed by atoms with van der Waals surface area (Å²) >= 11 is 0. The zero-order chi connectivity index (χ0) is 21.4. The lowest BCUT2D eigenvalue weighted by Crippen LogP contribution is -1.97. The highest BCUT2D eigenvalue weighted by atomic mass is 16.3. The fourth-order valence-corrected chi connectivity index (χ4v) is 4.33. The first-order valence-electron chi connectivity index (χ1n) is 10.8. The quantitative estimate of drug-likeness (QED) is 0.320. The third-order valence-corrected chi connectivity index (χ3v) is 6.00. The van der Waals surface area contributed by atoms with E-state index in [2.05, 4.69) is 47.9 Å². The number of rotatable bonds is 5. The van der Waals surface area contributed by atoms with Gasteiger partial charge in [-0.1, -0.05) is 49.7 Å². The average Bonchev–Trinajstić information content (AvgIpc) is 3.11. The molecule has 5 aromatic rings. The van der Waals surface area contributed by atoms with E-state index in [0.29, 0.717) is 0 Å². The summed E-state index contributed by atoms with van der Waals surface area (Å²) in [5, 5.41) is 21.7. The summed E-state index contributed by atoms with van der Waals surface area (Å²) in [7, 11) is 0. The lowest BCUT2D eigenvalue weighted by atomic mass is 10.00. The molecule has 0 spiro atoms. The molecule has 1 heterocycles. The maximum Gasteiger partial charge on any atom is 0.115 e. The van der Waals surface area contributed by atoms with Crippen molar-refractivity contribution >= 4 is 21.8 Å². The van der Waals surface area contributed by atoms with E-state index in [-0.39, 0.29) is 11.5 Å². The molecule has 0 saturated heterocycles. The Balaban J connectivity index is 1.72. The maximum atomic E-state index is 9.64. The van der Waals surface area contributed by atoms with Crippen LogP contribution >= 0.6 is 0 Å². The van der Waals surface area contributed by atoms with Gasteiger partial charge >= 0.3 is 0 Å². The fraction of sp³-hybridized carbons (Fsp3) is 0.143. The van der Waals surface area contributed by atoms with Crippen LogP contribution in [0.3, 0.4) is 0 Å². The second-order valence-electron chi connectivity index (χ2n) is 8.06.